The summed E-state index contributed by atoms with van der Waals surface area (Å²) in [5, 5.41) is 0. The first-order valence-electron chi connectivity index (χ1n) is 7.91. The zero-order valence-corrected chi connectivity index (χ0v) is 14.6. The van der Waals surface area contributed by atoms with Crippen LogP contribution in [0, 0.1) is 0 Å². The minimum atomic E-state index is -0.0745. The van der Waals surface area contributed by atoms with Crippen molar-refractivity contribution in [3.8, 4) is 0 Å². The number of ether oxygens (including phenoxy) is 1. The number of rotatable bonds is 11. The Morgan fingerprint density at radius 2 is 1.26 bits per heavy atom. The molecule has 0 heterocycles. The summed E-state index contributed by atoms with van der Waals surface area (Å²) in [5.74, 6) is 0. The molecule has 0 saturated heterocycles. The second-order valence-corrected chi connectivity index (χ2v) is 5.99. The normalized spacial score (nSPS) is 12.2. The molecule has 0 aromatic rings. The van der Waals surface area contributed by atoms with Crippen molar-refractivity contribution in [1.29, 1.82) is 0 Å². The van der Waals surface area contributed by atoms with Crippen LogP contribution in [0.15, 0.2) is 0 Å². The summed E-state index contributed by atoms with van der Waals surface area (Å²) in [4.78, 5) is 2.00. The average Bonchev–Trinajstić information content (AvgIpc) is 2.36. The van der Waals surface area contributed by atoms with Gasteiger partial charge >= 0.3 is 0 Å². The predicted octanol–water partition coefficient (Wildman–Crippen LogP) is 5.30. The van der Waals surface area contributed by atoms with Crippen LogP contribution < -0.4 is 0 Å². The van der Waals surface area contributed by atoms with Gasteiger partial charge in [-0.2, -0.15) is 0 Å². The maximum absolute atomic E-state index is 5.84. The first kappa shape index (κ1) is 21.5. The molecule has 1 unspecified atom stereocenters. The zero-order valence-electron chi connectivity index (χ0n) is 13.9. The van der Waals surface area contributed by atoms with Gasteiger partial charge in [-0.15, -0.1) is 0 Å². The lowest BCUT2D eigenvalue weighted by Gasteiger charge is -2.07. The Bertz CT molecular complexity index is 151. The van der Waals surface area contributed by atoms with Gasteiger partial charge in [0, 0.05) is 6.61 Å². The SMILES string of the molecule is CCCCCCCCCCOC(Cl)CC.CN(C)C. The van der Waals surface area contributed by atoms with Crippen LogP contribution in [0.4, 0.5) is 0 Å². The maximum atomic E-state index is 5.84. The number of halogens is 1. The van der Waals surface area contributed by atoms with E-state index in [4.69, 9.17) is 16.3 Å². The van der Waals surface area contributed by atoms with Crippen LogP contribution in [0.1, 0.15) is 71.6 Å². The van der Waals surface area contributed by atoms with Crippen molar-refractivity contribution < 1.29 is 4.74 Å². The molecule has 0 aromatic carbocycles. The monoisotopic (exact) mass is 293 g/mol. The van der Waals surface area contributed by atoms with Gasteiger partial charge in [0.2, 0.25) is 0 Å². The van der Waals surface area contributed by atoms with Gasteiger partial charge in [-0.1, -0.05) is 70.4 Å². The van der Waals surface area contributed by atoms with Crippen molar-refractivity contribution in [3.05, 3.63) is 0 Å². The summed E-state index contributed by atoms with van der Waals surface area (Å²) < 4.78 is 5.40. The molecule has 1 atom stereocenters. The quantitative estimate of drug-likeness (QED) is 0.379. The largest absolute Gasteiger partial charge is 0.363 e. The van der Waals surface area contributed by atoms with E-state index < -0.39 is 0 Å². The number of hydrogen-bond donors (Lipinski definition) is 0. The highest BCUT2D eigenvalue weighted by molar-refractivity contribution is 6.19. The molecule has 19 heavy (non-hydrogen) atoms. The number of unbranched alkanes of at least 4 members (excludes halogenated alkanes) is 7. The van der Waals surface area contributed by atoms with Crippen molar-refractivity contribution in [2.45, 2.75) is 77.2 Å². The van der Waals surface area contributed by atoms with Gasteiger partial charge in [-0.05, 0) is 34.0 Å². The maximum Gasteiger partial charge on any atom is 0.130 e. The Kier molecular flexibility index (Phi) is 20.6. The van der Waals surface area contributed by atoms with Crippen LogP contribution >= 0.6 is 11.6 Å². The molecule has 0 rings (SSSR count). The molecule has 0 radical (unpaired) electrons. The lowest BCUT2D eigenvalue weighted by atomic mass is 10.1. The van der Waals surface area contributed by atoms with Crippen LogP contribution in [0.3, 0.4) is 0 Å². The van der Waals surface area contributed by atoms with Gasteiger partial charge < -0.3 is 9.64 Å². The molecular weight excluding hydrogens is 258 g/mol. The van der Waals surface area contributed by atoms with Gasteiger partial charge in [0.05, 0.1) is 0 Å². The Hall–Kier alpha value is 0.210. The van der Waals surface area contributed by atoms with E-state index in [1.165, 1.54) is 44.9 Å². The third-order valence-corrected chi connectivity index (χ3v) is 3.05. The lowest BCUT2D eigenvalue weighted by molar-refractivity contribution is 0.101. The molecule has 0 aliphatic heterocycles. The molecule has 3 heteroatoms. The van der Waals surface area contributed by atoms with Crippen LogP contribution in [0.25, 0.3) is 0 Å². The van der Waals surface area contributed by atoms with Gasteiger partial charge in [0.1, 0.15) is 5.56 Å². The first-order chi connectivity index (χ1) is 9.04. The molecule has 0 aliphatic carbocycles. The molecule has 0 aromatic heterocycles. The van der Waals surface area contributed by atoms with E-state index >= 15 is 0 Å². The number of nitrogens with zero attached hydrogens (tertiary/aromatic N) is 1. The van der Waals surface area contributed by atoms with Crippen molar-refractivity contribution >= 4 is 11.6 Å². The van der Waals surface area contributed by atoms with Crippen molar-refractivity contribution in [2.75, 3.05) is 27.7 Å². The average molecular weight is 294 g/mol. The minimum Gasteiger partial charge on any atom is -0.363 e. The molecule has 2 nitrogen and oxygen atoms in total. The Balaban J connectivity index is 0. The van der Waals surface area contributed by atoms with Crippen LogP contribution in [0.5, 0.6) is 0 Å². The fourth-order valence-electron chi connectivity index (χ4n) is 1.57. The van der Waals surface area contributed by atoms with Crippen LogP contribution in [0.2, 0.25) is 0 Å². The molecule has 0 saturated carbocycles. The fourth-order valence-corrected chi connectivity index (χ4v) is 1.65. The van der Waals surface area contributed by atoms with Crippen molar-refractivity contribution in [1.82, 2.24) is 4.90 Å². The summed E-state index contributed by atoms with van der Waals surface area (Å²) in [6.07, 6.45) is 11.6. The highest BCUT2D eigenvalue weighted by Crippen LogP contribution is 2.09. The Labute approximate surface area is 126 Å². The lowest BCUT2D eigenvalue weighted by Crippen LogP contribution is -2.04. The summed E-state index contributed by atoms with van der Waals surface area (Å²) in [6, 6.07) is 0. The summed E-state index contributed by atoms with van der Waals surface area (Å²) in [6.45, 7) is 5.13. The third-order valence-electron chi connectivity index (χ3n) is 2.62. The molecule has 0 N–H and O–H groups in total. The second-order valence-electron chi connectivity index (χ2n) is 5.51. The van der Waals surface area contributed by atoms with Crippen molar-refractivity contribution in [2.24, 2.45) is 0 Å². The highest BCUT2D eigenvalue weighted by atomic mass is 35.5. The number of hydrogen-bond acceptors (Lipinski definition) is 2. The highest BCUT2D eigenvalue weighted by Gasteiger charge is 1.99. The molecule has 0 bridgehead atoms. The van der Waals surface area contributed by atoms with E-state index in [2.05, 4.69) is 6.92 Å². The van der Waals surface area contributed by atoms with Gasteiger partial charge in [-0.25, -0.2) is 0 Å². The van der Waals surface area contributed by atoms with Gasteiger partial charge in [0.25, 0.3) is 0 Å². The summed E-state index contributed by atoms with van der Waals surface area (Å²) >= 11 is 5.84. The smallest absolute Gasteiger partial charge is 0.130 e. The molecular formula is C16H36ClNO. The van der Waals surface area contributed by atoms with Crippen molar-refractivity contribution in [3.63, 3.8) is 0 Å². The van der Waals surface area contributed by atoms with Crippen LogP contribution in [-0.2, 0) is 4.74 Å². The minimum absolute atomic E-state index is 0.0745. The van der Waals surface area contributed by atoms with E-state index in [1.807, 2.05) is 33.0 Å². The van der Waals surface area contributed by atoms with Gasteiger partial charge in [-0.3, -0.25) is 0 Å². The van der Waals surface area contributed by atoms with Crippen LogP contribution in [-0.4, -0.2) is 38.2 Å². The summed E-state index contributed by atoms with van der Waals surface area (Å²) in [7, 11) is 6.00. The molecule has 0 spiro atoms. The zero-order chi connectivity index (χ0) is 14.9. The molecule has 0 amide bonds. The molecule has 0 fully saturated rings. The predicted molar refractivity (Wildman–Crippen MR) is 88.1 cm³/mol. The Morgan fingerprint density at radius 1 is 0.842 bits per heavy atom. The Morgan fingerprint density at radius 3 is 1.68 bits per heavy atom. The van der Waals surface area contributed by atoms with E-state index in [-0.39, 0.29) is 5.56 Å². The van der Waals surface area contributed by atoms with E-state index in [1.54, 1.807) is 0 Å². The fraction of sp³-hybridized carbons (Fsp3) is 1.00. The van der Waals surface area contributed by atoms with Gasteiger partial charge in [0.15, 0.2) is 0 Å². The van der Waals surface area contributed by atoms with E-state index in [0.717, 1.165) is 19.4 Å². The topological polar surface area (TPSA) is 12.5 Å². The first-order valence-corrected chi connectivity index (χ1v) is 8.34. The second kappa shape index (κ2) is 18.2. The summed E-state index contributed by atoms with van der Waals surface area (Å²) in [5.41, 5.74) is -0.0745. The van der Waals surface area contributed by atoms with E-state index in [0.29, 0.717) is 0 Å². The standard InChI is InChI=1S/C13H27ClO.C3H9N/c1-3-5-6-7-8-9-10-11-12-15-13(14)4-2;1-4(2)3/h13H,3-12H2,1-2H3;1-3H3. The molecule has 118 valence electrons. The molecule has 0 aliphatic rings. The number of alkyl halides is 1. The third kappa shape index (κ3) is 27.4. The van der Waals surface area contributed by atoms with E-state index in [9.17, 15) is 0 Å².